The Kier molecular flexibility index (Phi) is 8.09. The maximum atomic E-state index is 9.45. The molecular weight excluding hydrogens is 196 g/mol. The minimum atomic E-state index is 0.297. The third-order valence-corrected chi connectivity index (χ3v) is 4.43. The number of rotatable bonds is 9. The van der Waals surface area contributed by atoms with E-state index in [0.717, 1.165) is 12.3 Å². The largest absolute Gasteiger partial charge is 0.396 e. The van der Waals surface area contributed by atoms with Gasteiger partial charge < -0.3 is 5.11 Å². The van der Waals surface area contributed by atoms with Crippen molar-refractivity contribution in [2.75, 3.05) is 6.61 Å². The van der Waals surface area contributed by atoms with Crippen LogP contribution < -0.4 is 0 Å². The molecule has 0 fully saturated rings. The lowest BCUT2D eigenvalue weighted by atomic mass is 9.74. The lowest BCUT2D eigenvalue weighted by Crippen LogP contribution is -2.26. The van der Waals surface area contributed by atoms with E-state index in [1.165, 1.54) is 32.1 Å². The summed E-state index contributed by atoms with van der Waals surface area (Å²) in [4.78, 5) is 0. The fourth-order valence-electron chi connectivity index (χ4n) is 2.11. The third kappa shape index (κ3) is 5.89. The van der Waals surface area contributed by atoms with Crippen LogP contribution >= 0.6 is 0 Å². The Labute approximate surface area is 103 Å². The van der Waals surface area contributed by atoms with Crippen LogP contribution in [-0.2, 0) is 0 Å². The quantitative estimate of drug-likeness (QED) is 0.570. The molecule has 0 rings (SSSR count). The SMILES string of the molecule is CCC(C)CCCCC(CO)C(C)(C)CC. The molecule has 0 spiro atoms. The third-order valence-electron chi connectivity index (χ3n) is 4.43. The lowest BCUT2D eigenvalue weighted by molar-refractivity contribution is 0.103. The molecule has 2 atom stereocenters. The van der Waals surface area contributed by atoms with E-state index in [4.69, 9.17) is 0 Å². The monoisotopic (exact) mass is 228 g/mol. The van der Waals surface area contributed by atoms with Gasteiger partial charge in [0.15, 0.2) is 0 Å². The van der Waals surface area contributed by atoms with E-state index < -0.39 is 0 Å². The first-order valence-electron chi connectivity index (χ1n) is 7.08. The molecule has 0 aromatic carbocycles. The van der Waals surface area contributed by atoms with Crippen LogP contribution in [0.3, 0.4) is 0 Å². The van der Waals surface area contributed by atoms with Crippen LogP contribution in [0, 0.1) is 17.3 Å². The topological polar surface area (TPSA) is 20.2 Å². The average Bonchev–Trinajstić information content (AvgIpc) is 2.28. The molecule has 0 saturated heterocycles. The van der Waals surface area contributed by atoms with Crippen LogP contribution in [0.4, 0.5) is 0 Å². The van der Waals surface area contributed by atoms with Gasteiger partial charge in [-0.15, -0.1) is 0 Å². The molecule has 0 aliphatic carbocycles. The summed E-state index contributed by atoms with van der Waals surface area (Å²) in [5, 5.41) is 9.45. The van der Waals surface area contributed by atoms with Crippen molar-refractivity contribution in [1.29, 1.82) is 0 Å². The van der Waals surface area contributed by atoms with Gasteiger partial charge >= 0.3 is 0 Å². The molecule has 0 aliphatic heterocycles. The zero-order chi connectivity index (χ0) is 12.6. The summed E-state index contributed by atoms with van der Waals surface area (Å²) in [6.45, 7) is 11.7. The minimum Gasteiger partial charge on any atom is -0.396 e. The average molecular weight is 228 g/mol. The molecule has 0 aliphatic rings. The van der Waals surface area contributed by atoms with Crippen LogP contribution in [0.25, 0.3) is 0 Å². The maximum Gasteiger partial charge on any atom is 0.0464 e. The molecule has 16 heavy (non-hydrogen) atoms. The summed E-state index contributed by atoms with van der Waals surface area (Å²) in [6, 6.07) is 0. The standard InChI is InChI=1S/C15H32O/c1-6-13(3)10-8-9-11-14(12-16)15(4,5)7-2/h13-14,16H,6-12H2,1-5H3. The Hall–Kier alpha value is -0.0400. The van der Waals surface area contributed by atoms with Gasteiger partial charge in [-0.2, -0.15) is 0 Å². The fourth-order valence-corrected chi connectivity index (χ4v) is 2.11. The van der Waals surface area contributed by atoms with Crippen molar-refractivity contribution < 1.29 is 5.11 Å². The molecular formula is C15H32O. The van der Waals surface area contributed by atoms with Crippen molar-refractivity contribution in [3.05, 3.63) is 0 Å². The highest BCUT2D eigenvalue weighted by atomic mass is 16.3. The molecule has 0 saturated carbocycles. The fraction of sp³-hybridized carbons (Fsp3) is 1.00. The second kappa shape index (κ2) is 8.11. The van der Waals surface area contributed by atoms with E-state index in [2.05, 4.69) is 34.6 Å². The summed E-state index contributed by atoms with van der Waals surface area (Å²) in [5.74, 6) is 1.35. The summed E-state index contributed by atoms with van der Waals surface area (Å²) in [7, 11) is 0. The van der Waals surface area contributed by atoms with Crippen LogP contribution in [0.15, 0.2) is 0 Å². The summed E-state index contributed by atoms with van der Waals surface area (Å²) in [5.41, 5.74) is 0.297. The van der Waals surface area contributed by atoms with Gasteiger partial charge in [0.05, 0.1) is 0 Å². The summed E-state index contributed by atoms with van der Waals surface area (Å²) >= 11 is 0. The van der Waals surface area contributed by atoms with E-state index in [1.807, 2.05) is 0 Å². The zero-order valence-electron chi connectivity index (χ0n) is 12.1. The Morgan fingerprint density at radius 3 is 2.06 bits per heavy atom. The predicted molar refractivity (Wildman–Crippen MR) is 72.6 cm³/mol. The van der Waals surface area contributed by atoms with Gasteiger partial charge in [-0.3, -0.25) is 0 Å². The number of unbranched alkanes of at least 4 members (excludes halogenated alkanes) is 1. The van der Waals surface area contributed by atoms with E-state index in [1.54, 1.807) is 0 Å². The molecule has 0 radical (unpaired) electrons. The van der Waals surface area contributed by atoms with E-state index in [9.17, 15) is 5.11 Å². The molecule has 1 heteroatoms. The highest BCUT2D eigenvalue weighted by molar-refractivity contribution is 4.76. The number of aliphatic hydroxyl groups excluding tert-OH is 1. The smallest absolute Gasteiger partial charge is 0.0464 e. The van der Waals surface area contributed by atoms with Gasteiger partial charge in [0.2, 0.25) is 0 Å². The Morgan fingerprint density at radius 2 is 1.62 bits per heavy atom. The number of hydrogen-bond acceptors (Lipinski definition) is 1. The van der Waals surface area contributed by atoms with Gasteiger partial charge in [-0.1, -0.05) is 66.7 Å². The van der Waals surface area contributed by atoms with E-state index in [0.29, 0.717) is 17.9 Å². The number of aliphatic hydroxyl groups is 1. The Bertz CT molecular complexity index is 163. The van der Waals surface area contributed by atoms with Gasteiger partial charge in [0, 0.05) is 6.61 Å². The molecule has 0 bridgehead atoms. The first-order chi connectivity index (χ1) is 7.47. The first kappa shape index (κ1) is 16.0. The van der Waals surface area contributed by atoms with Gasteiger partial charge in [0.1, 0.15) is 0 Å². The normalized spacial score (nSPS) is 16.1. The predicted octanol–water partition coefficient (Wildman–Crippen LogP) is 4.64. The van der Waals surface area contributed by atoms with E-state index in [-0.39, 0.29) is 0 Å². The Balaban J connectivity index is 3.80. The van der Waals surface area contributed by atoms with Crippen molar-refractivity contribution in [3.63, 3.8) is 0 Å². The number of hydrogen-bond donors (Lipinski definition) is 1. The molecule has 0 aromatic rings. The molecule has 0 aromatic heterocycles. The van der Waals surface area contributed by atoms with Crippen LogP contribution in [0.2, 0.25) is 0 Å². The first-order valence-corrected chi connectivity index (χ1v) is 7.08. The second-order valence-electron chi connectivity index (χ2n) is 6.02. The minimum absolute atomic E-state index is 0.297. The zero-order valence-corrected chi connectivity index (χ0v) is 12.1. The van der Waals surface area contributed by atoms with Crippen molar-refractivity contribution in [1.82, 2.24) is 0 Å². The molecule has 0 heterocycles. The van der Waals surface area contributed by atoms with Gasteiger partial charge in [0.25, 0.3) is 0 Å². The van der Waals surface area contributed by atoms with Crippen molar-refractivity contribution in [2.24, 2.45) is 17.3 Å². The molecule has 1 nitrogen and oxygen atoms in total. The van der Waals surface area contributed by atoms with Crippen molar-refractivity contribution in [3.8, 4) is 0 Å². The van der Waals surface area contributed by atoms with Gasteiger partial charge in [-0.25, -0.2) is 0 Å². The van der Waals surface area contributed by atoms with Crippen LogP contribution in [0.5, 0.6) is 0 Å². The summed E-state index contributed by atoms with van der Waals surface area (Å²) in [6.07, 6.45) is 7.59. The lowest BCUT2D eigenvalue weighted by Gasteiger charge is -2.32. The molecule has 1 N–H and O–H groups in total. The second-order valence-corrected chi connectivity index (χ2v) is 6.02. The van der Waals surface area contributed by atoms with Crippen molar-refractivity contribution >= 4 is 0 Å². The Morgan fingerprint density at radius 1 is 1.06 bits per heavy atom. The van der Waals surface area contributed by atoms with Crippen molar-refractivity contribution in [2.45, 2.75) is 73.1 Å². The van der Waals surface area contributed by atoms with Crippen LogP contribution in [0.1, 0.15) is 73.1 Å². The highest BCUT2D eigenvalue weighted by Crippen LogP contribution is 2.33. The van der Waals surface area contributed by atoms with E-state index >= 15 is 0 Å². The maximum absolute atomic E-state index is 9.45. The molecule has 0 amide bonds. The highest BCUT2D eigenvalue weighted by Gasteiger charge is 2.26. The molecule has 98 valence electrons. The van der Waals surface area contributed by atoms with Gasteiger partial charge in [-0.05, 0) is 23.7 Å². The van der Waals surface area contributed by atoms with Crippen LogP contribution in [-0.4, -0.2) is 11.7 Å². The summed E-state index contributed by atoms with van der Waals surface area (Å²) < 4.78 is 0. The molecule has 2 unspecified atom stereocenters.